The summed E-state index contributed by atoms with van der Waals surface area (Å²) in [6.45, 7) is 4.58. The lowest BCUT2D eigenvalue weighted by atomic mass is 10.1. The van der Waals surface area contributed by atoms with E-state index in [1.807, 2.05) is 0 Å². The Balaban J connectivity index is 2.20. The van der Waals surface area contributed by atoms with E-state index in [4.69, 9.17) is 5.11 Å². The van der Waals surface area contributed by atoms with Gasteiger partial charge in [0.05, 0.1) is 0 Å². The fourth-order valence-corrected chi connectivity index (χ4v) is 1.73. The van der Waals surface area contributed by atoms with Crippen LogP contribution in [-0.4, -0.2) is 36.1 Å². The fraction of sp³-hybridized carbons (Fsp3) is 0.818. The molecule has 0 radical (unpaired) electrons. The maximum atomic E-state index is 10.8. The van der Waals surface area contributed by atoms with Crippen LogP contribution in [0.15, 0.2) is 0 Å². The van der Waals surface area contributed by atoms with Crippen LogP contribution in [0.25, 0.3) is 0 Å². The van der Waals surface area contributed by atoms with Crippen LogP contribution in [0.1, 0.15) is 26.7 Å². The van der Waals surface area contributed by atoms with Gasteiger partial charge in [0.2, 0.25) is 5.91 Å². The van der Waals surface area contributed by atoms with E-state index in [1.54, 1.807) is 0 Å². The lowest BCUT2D eigenvalue weighted by Crippen LogP contribution is -2.47. The number of nitrogens with one attached hydrogen (secondary N) is 2. The number of carbonyl (C=O) groups excluding carboxylic acids is 1. The monoisotopic (exact) mass is 228 g/mol. The van der Waals surface area contributed by atoms with Gasteiger partial charge in [-0.25, -0.2) is 4.79 Å². The smallest absolute Gasteiger partial charge is 0.327 e. The highest BCUT2D eigenvalue weighted by Crippen LogP contribution is 2.35. The normalized spacial score (nSPS) is 18.9. The quantitative estimate of drug-likeness (QED) is 0.582. The predicted molar refractivity (Wildman–Crippen MR) is 60.0 cm³/mol. The van der Waals surface area contributed by atoms with Crippen molar-refractivity contribution < 1.29 is 14.7 Å². The maximum Gasteiger partial charge on any atom is 0.327 e. The second-order valence-corrected chi connectivity index (χ2v) is 4.56. The zero-order chi connectivity index (χ0) is 12.1. The zero-order valence-corrected chi connectivity index (χ0v) is 9.82. The molecule has 0 aromatic carbocycles. The molecule has 0 spiro atoms. The van der Waals surface area contributed by atoms with Gasteiger partial charge < -0.3 is 15.7 Å². The zero-order valence-electron chi connectivity index (χ0n) is 9.82. The first-order valence-corrected chi connectivity index (χ1v) is 5.71. The molecular formula is C11H20N2O3. The van der Waals surface area contributed by atoms with Crippen molar-refractivity contribution in [2.45, 2.75) is 32.7 Å². The van der Waals surface area contributed by atoms with Gasteiger partial charge in [-0.1, -0.05) is 6.92 Å². The third kappa shape index (κ3) is 4.61. The summed E-state index contributed by atoms with van der Waals surface area (Å²) in [7, 11) is 0. The Bertz CT molecular complexity index is 264. The van der Waals surface area contributed by atoms with E-state index in [9.17, 15) is 9.59 Å². The Labute approximate surface area is 95.6 Å². The van der Waals surface area contributed by atoms with E-state index in [0.717, 1.165) is 12.5 Å². The minimum Gasteiger partial charge on any atom is -0.480 e. The first-order valence-electron chi connectivity index (χ1n) is 5.71. The number of hydrogen-bond donors (Lipinski definition) is 3. The standard InChI is InChI=1S/C11H20N2O3/c1-7(9-3-4-9)5-12-6-10(11(15)16)13-8(2)14/h7,9-10,12H,3-6H2,1-2H3,(H,13,14)(H,15,16). The molecule has 0 heterocycles. The Kier molecular flexibility index (Phi) is 4.73. The summed E-state index contributed by atoms with van der Waals surface area (Å²) < 4.78 is 0. The summed E-state index contributed by atoms with van der Waals surface area (Å²) in [5.74, 6) is 0.0783. The van der Waals surface area contributed by atoms with Crippen molar-refractivity contribution >= 4 is 11.9 Å². The van der Waals surface area contributed by atoms with E-state index in [2.05, 4.69) is 17.6 Å². The van der Waals surface area contributed by atoms with Crippen LogP contribution in [0.3, 0.4) is 0 Å². The van der Waals surface area contributed by atoms with E-state index in [-0.39, 0.29) is 12.5 Å². The van der Waals surface area contributed by atoms with Crippen molar-refractivity contribution in [1.82, 2.24) is 10.6 Å². The van der Waals surface area contributed by atoms with E-state index in [0.29, 0.717) is 5.92 Å². The summed E-state index contributed by atoms with van der Waals surface area (Å²) in [6, 6.07) is -0.830. The minimum atomic E-state index is -0.998. The summed E-state index contributed by atoms with van der Waals surface area (Å²) >= 11 is 0. The molecule has 92 valence electrons. The van der Waals surface area contributed by atoms with Crippen LogP contribution >= 0.6 is 0 Å². The second-order valence-electron chi connectivity index (χ2n) is 4.56. The molecule has 1 saturated carbocycles. The first-order chi connectivity index (χ1) is 7.50. The van der Waals surface area contributed by atoms with Crippen molar-refractivity contribution in [2.75, 3.05) is 13.1 Å². The summed E-state index contributed by atoms with van der Waals surface area (Å²) in [5.41, 5.74) is 0. The molecule has 0 aromatic rings. The third-order valence-corrected chi connectivity index (χ3v) is 2.92. The number of rotatable bonds is 7. The Morgan fingerprint density at radius 3 is 2.44 bits per heavy atom. The van der Waals surface area contributed by atoms with Crippen LogP contribution < -0.4 is 10.6 Å². The van der Waals surface area contributed by atoms with E-state index < -0.39 is 12.0 Å². The number of carboxylic acids is 1. The number of carboxylic acid groups (broad SMARTS) is 1. The largest absolute Gasteiger partial charge is 0.480 e. The number of amides is 1. The summed E-state index contributed by atoms with van der Waals surface area (Å²) in [5, 5.41) is 14.3. The van der Waals surface area contributed by atoms with Crippen molar-refractivity contribution in [3.05, 3.63) is 0 Å². The van der Waals surface area contributed by atoms with Gasteiger partial charge in [-0.05, 0) is 31.2 Å². The van der Waals surface area contributed by atoms with Gasteiger partial charge in [-0.2, -0.15) is 0 Å². The SMILES string of the molecule is CC(=O)NC(CNCC(C)C1CC1)C(=O)O. The Morgan fingerprint density at radius 2 is 2.00 bits per heavy atom. The van der Waals surface area contributed by atoms with Crippen LogP contribution in [0, 0.1) is 11.8 Å². The van der Waals surface area contributed by atoms with Gasteiger partial charge >= 0.3 is 5.97 Å². The first kappa shape index (κ1) is 13.0. The van der Waals surface area contributed by atoms with Crippen LogP contribution in [0.4, 0.5) is 0 Å². The Morgan fingerprint density at radius 1 is 1.38 bits per heavy atom. The maximum absolute atomic E-state index is 10.8. The van der Waals surface area contributed by atoms with Crippen LogP contribution in [-0.2, 0) is 9.59 Å². The third-order valence-electron chi connectivity index (χ3n) is 2.92. The molecule has 5 nitrogen and oxygen atoms in total. The molecule has 0 aliphatic heterocycles. The van der Waals surface area contributed by atoms with Gasteiger partial charge in [0.25, 0.3) is 0 Å². The molecule has 0 aromatic heterocycles. The average molecular weight is 228 g/mol. The number of carbonyl (C=O) groups is 2. The van der Waals surface area contributed by atoms with Gasteiger partial charge in [-0.3, -0.25) is 4.79 Å². The van der Waals surface area contributed by atoms with Crippen molar-refractivity contribution in [3.63, 3.8) is 0 Å². The molecule has 0 bridgehead atoms. The topological polar surface area (TPSA) is 78.4 Å². The lowest BCUT2D eigenvalue weighted by molar-refractivity contribution is -0.141. The lowest BCUT2D eigenvalue weighted by Gasteiger charge is -2.16. The molecule has 1 aliphatic carbocycles. The van der Waals surface area contributed by atoms with Crippen LogP contribution in [0.2, 0.25) is 0 Å². The molecule has 1 aliphatic rings. The molecular weight excluding hydrogens is 208 g/mol. The molecule has 3 N–H and O–H groups in total. The highest BCUT2D eigenvalue weighted by molar-refractivity contribution is 5.82. The van der Waals surface area contributed by atoms with Crippen molar-refractivity contribution in [1.29, 1.82) is 0 Å². The molecule has 5 heteroatoms. The van der Waals surface area contributed by atoms with E-state index in [1.165, 1.54) is 19.8 Å². The second kappa shape index (κ2) is 5.84. The molecule has 1 rings (SSSR count). The van der Waals surface area contributed by atoms with Crippen molar-refractivity contribution in [3.8, 4) is 0 Å². The van der Waals surface area contributed by atoms with Crippen molar-refractivity contribution in [2.24, 2.45) is 11.8 Å². The number of hydrogen-bond acceptors (Lipinski definition) is 3. The Hall–Kier alpha value is -1.10. The van der Waals surface area contributed by atoms with Gasteiger partial charge in [0.1, 0.15) is 6.04 Å². The van der Waals surface area contributed by atoms with Gasteiger partial charge in [-0.15, -0.1) is 0 Å². The van der Waals surface area contributed by atoms with E-state index >= 15 is 0 Å². The average Bonchev–Trinajstić information content (AvgIpc) is 2.98. The molecule has 2 atom stereocenters. The molecule has 1 amide bonds. The summed E-state index contributed by atoms with van der Waals surface area (Å²) in [6.07, 6.45) is 2.58. The molecule has 1 fully saturated rings. The highest BCUT2D eigenvalue weighted by atomic mass is 16.4. The molecule has 2 unspecified atom stereocenters. The highest BCUT2D eigenvalue weighted by Gasteiger charge is 2.27. The molecule has 0 saturated heterocycles. The summed E-state index contributed by atoms with van der Waals surface area (Å²) in [4.78, 5) is 21.6. The molecule has 16 heavy (non-hydrogen) atoms. The fourth-order valence-electron chi connectivity index (χ4n) is 1.73. The predicted octanol–water partition coefficient (Wildman–Crippen LogP) is 0.211. The minimum absolute atomic E-state index is 0.284. The van der Waals surface area contributed by atoms with Gasteiger partial charge in [0.15, 0.2) is 0 Å². The number of aliphatic carboxylic acids is 1. The van der Waals surface area contributed by atoms with Gasteiger partial charge in [0, 0.05) is 13.5 Å². The van der Waals surface area contributed by atoms with Crippen LogP contribution in [0.5, 0.6) is 0 Å².